The third-order valence-electron chi connectivity index (χ3n) is 21.4. The van der Waals surface area contributed by atoms with Crippen molar-refractivity contribution in [2.45, 2.75) is 183 Å². The average molecular weight is 1020 g/mol. The van der Waals surface area contributed by atoms with E-state index in [9.17, 15) is 0 Å². The second-order valence-corrected chi connectivity index (χ2v) is 31.0. The first kappa shape index (κ1) is 49.1. The molecule has 7 aromatic rings. The maximum absolute atomic E-state index is 2.88. The van der Waals surface area contributed by atoms with Crippen molar-refractivity contribution in [1.29, 1.82) is 0 Å². The summed E-state index contributed by atoms with van der Waals surface area (Å²) in [6.45, 7) is 32.1. The molecular formula is C74H82BN3. The number of rotatable bonds is 4. The van der Waals surface area contributed by atoms with Crippen LogP contribution in [-0.2, 0) is 62.2 Å². The van der Waals surface area contributed by atoms with Gasteiger partial charge in [-0.15, -0.1) is 0 Å². The molecule has 4 heteroatoms. The first-order valence-corrected chi connectivity index (χ1v) is 30.2. The van der Waals surface area contributed by atoms with Gasteiger partial charge < -0.3 is 14.7 Å². The van der Waals surface area contributed by atoms with Gasteiger partial charge in [-0.3, -0.25) is 0 Å². The molecular weight excluding hydrogens is 942 g/mol. The van der Waals surface area contributed by atoms with E-state index in [2.05, 4.69) is 220 Å². The van der Waals surface area contributed by atoms with E-state index in [1.54, 1.807) is 11.1 Å². The van der Waals surface area contributed by atoms with E-state index in [4.69, 9.17) is 0 Å². The molecule has 15 rings (SSSR count). The summed E-state index contributed by atoms with van der Waals surface area (Å²) in [5, 5.41) is 0. The Bertz CT molecular complexity index is 3580. The summed E-state index contributed by atoms with van der Waals surface area (Å²) < 4.78 is 0. The Balaban J connectivity index is 1.02. The smallest absolute Gasteiger partial charge is 0.252 e. The largest absolute Gasteiger partial charge is 0.334 e. The van der Waals surface area contributed by atoms with Crippen molar-refractivity contribution in [2.75, 3.05) is 14.7 Å². The summed E-state index contributed by atoms with van der Waals surface area (Å²) >= 11 is 0. The summed E-state index contributed by atoms with van der Waals surface area (Å²) in [6, 6.07) is 48.4. The fraction of sp³-hybridized carbons (Fsp3) is 0.432. The van der Waals surface area contributed by atoms with Gasteiger partial charge in [-0.1, -0.05) is 151 Å². The molecule has 5 aliphatic carbocycles. The molecule has 0 radical (unpaired) electrons. The van der Waals surface area contributed by atoms with Crippen molar-refractivity contribution in [1.82, 2.24) is 0 Å². The van der Waals surface area contributed by atoms with E-state index in [1.807, 2.05) is 0 Å². The lowest BCUT2D eigenvalue weighted by molar-refractivity contribution is 0.195. The van der Waals surface area contributed by atoms with Crippen molar-refractivity contribution >= 4 is 68.6 Å². The molecule has 0 bridgehead atoms. The summed E-state index contributed by atoms with van der Waals surface area (Å²) in [4.78, 5) is 8.44. The molecule has 0 N–H and O–H groups in total. The van der Waals surface area contributed by atoms with E-state index in [1.165, 1.54) is 137 Å². The molecule has 1 saturated carbocycles. The van der Waals surface area contributed by atoms with Crippen LogP contribution in [0.1, 0.15) is 171 Å². The highest BCUT2D eigenvalue weighted by atomic mass is 15.3. The molecule has 2 unspecified atom stereocenters. The minimum Gasteiger partial charge on any atom is -0.334 e. The Morgan fingerprint density at radius 3 is 1.31 bits per heavy atom. The Kier molecular flexibility index (Phi) is 10.00. The van der Waals surface area contributed by atoms with E-state index < -0.39 is 0 Å². The molecule has 7 aromatic carbocycles. The summed E-state index contributed by atoms with van der Waals surface area (Å²) in [7, 11) is 0. The lowest BCUT2D eigenvalue weighted by atomic mass is 9.33. The van der Waals surface area contributed by atoms with Gasteiger partial charge in [0.1, 0.15) is 0 Å². The normalized spacial score (nSPS) is 23.8. The Morgan fingerprint density at radius 2 is 0.821 bits per heavy atom. The van der Waals surface area contributed by atoms with Gasteiger partial charge in [-0.05, 0) is 242 Å². The molecule has 3 heterocycles. The fourth-order valence-electron chi connectivity index (χ4n) is 17.6. The van der Waals surface area contributed by atoms with Crippen molar-refractivity contribution in [3.8, 4) is 11.1 Å². The molecule has 2 atom stereocenters. The van der Waals surface area contributed by atoms with Gasteiger partial charge in [-0.2, -0.15) is 0 Å². The van der Waals surface area contributed by atoms with E-state index in [-0.39, 0.29) is 44.7 Å². The van der Waals surface area contributed by atoms with Crippen LogP contribution in [0.15, 0.2) is 115 Å². The predicted molar refractivity (Wildman–Crippen MR) is 332 cm³/mol. The third-order valence-corrected chi connectivity index (χ3v) is 21.4. The zero-order chi connectivity index (χ0) is 54.0. The van der Waals surface area contributed by atoms with Crippen LogP contribution >= 0.6 is 0 Å². The Morgan fingerprint density at radius 1 is 0.385 bits per heavy atom. The van der Waals surface area contributed by atoms with Gasteiger partial charge in [0.05, 0.1) is 5.54 Å². The quantitative estimate of drug-likeness (QED) is 0.163. The lowest BCUT2D eigenvalue weighted by Gasteiger charge is -2.51. The third kappa shape index (κ3) is 7.21. The van der Waals surface area contributed by atoms with Gasteiger partial charge >= 0.3 is 0 Å². The highest BCUT2D eigenvalue weighted by Gasteiger charge is 2.58. The van der Waals surface area contributed by atoms with Crippen LogP contribution in [0.2, 0.25) is 0 Å². The molecule has 8 aliphatic rings. The number of anilines is 8. The maximum atomic E-state index is 2.88. The number of nitrogens with zero attached hydrogens (tertiary/aromatic N) is 3. The average Bonchev–Trinajstić information content (AvgIpc) is 3.71. The van der Waals surface area contributed by atoms with Crippen LogP contribution in [0, 0.1) is 21.7 Å². The number of fused-ring (bicyclic) bond motifs is 11. The highest BCUT2D eigenvalue weighted by molar-refractivity contribution is 7.00. The Hall–Kier alpha value is -6.00. The number of hydrogen-bond acceptors (Lipinski definition) is 3. The molecule has 0 saturated heterocycles. The monoisotopic (exact) mass is 1020 g/mol. The highest BCUT2D eigenvalue weighted by Crippen LogP contribution is 2.63. The van der Waals surface area contributed by atoms with Gasteiger partial charge in [0.15, 0.2) is 0 Å². The van der Waals surface area contributed by atoms with Crippen molar-refractivity contribution in [2.24, 2.45) is 21.7 Å². The molecule has 0 spiro atoms. The first-order valence-electron chi connectivity index (χ1n) is 30.2. The predicted octanol–water partition coefficient (Wildman–Crippen LogP) is 17.0. The second-order valence-electron chi connectivity index (χ2n) is 31.0. The van der Waals surface area contributed by atoms with E-state index >= 15 is 0 Å². The zero-order valence-corrected chi connectivity index (χ0v) is 49.4. The van der Waals surface area contributed by atoms with Crippen molar-refractivity contribution in [3.63, 3.8) is 0 Å². The molecule has 396 valence electrons. The molecule has 1 fully saturated rings. The van der Waals surface area contributed by atoms with Crippen molar-refractivity contribution in [3.05, 3.63) is 171 Å². The lowest BCUT2D eigenvalue weighted by Crippen LogP contribution is -2.62. The minimum absolute atomic E-state index is 0.0452. The fourth-order valence-corrected chi connectivity index (χ4v) is 17.6. The molecule has 0 aromatic heterocycles. The number of benzene rings is 7. The van der Waals surface area contributed by atoms with E-state index in [0.29, 0.717) is 0 Å². The van der Waals surface area contributed by atoms with Gasteiger partial charge in [0.25, 0.3) is 6.71 Å². The van der Waals surface area contributed by atoms with Crippen molar-refractivity contribution < 1.29 is 0 Å². The molecule has 0 amide bonds. The van der Waals surface area contributed by atoms with Crippen LogP contribution in [-0.4, -0.2) is 12.3 Å². The van der Waals surface area contributed by atoms with E-state index in [0.717, 1.165) is 57.8 Å². The van der Waals surface area contributed by atoms with Crippen LogP contribution < -0.4 is 31.1 Å². The van der Waals surface area contributed by atoms with Crippen LogP contribution in [0.5, 0.6) is 0 Å². The standard InChI is InChI=1S/C74H82BN3/c1-68(2,3)55-21-16-45(17-22-55)46-20-25-62-59(30-46)73(12)26-14-15-27-74(73,13)78(62)58-35-65-67-66(36-58)77(57-24-19-48-38-70(6,7)40-50(48)29-57)64-34-54-44-72(10,11)42-52(54)32-61(64)75(67)60-31-51-41-71(8,9)43-53(51)33-63(60)76(65)56-23-18-47-37-69(4,5)39-49(47)28-56/h16-25,28-36H,14-15,26-27,37-44H2,1-13H3. The summed E-state index contributed by atoms with van der Waals surface area (Å²) in [6.07, 6.45) is 13.7. The minimum atomic E-state index is -0.144. The molecule has 3 aliphatic heterocycles. The maximum Gasteiger partial charge on any atom is 0.252 e. The van der Waals surface area contributed by atoms with Crippen LogP contribution in [0.4, 0.5) is 45.5 Å². The van der Waals surface area contributed by atoms with Crippen LogP contribution in [0.25, 0.3) is 11.1 Å². The second kappa shape index (κ2) is 15.9. The van der Waals surface area contributed by atoms with Crippen LogP contribution in [0.3, 0.4) is 0 Å². The number of hydrogen-bond donors (Lipinski definition) is 0. The zero-order valence-electron chi connectivity index (χ0n) is 49.4. The first-order chi connectivity index (χ1) is 36.8. The SMILES string of the molecule is CC1(C)Cc2ccc(N3c4cc5c(cc4B4c6cc7c(cc6N(c6ccc8c(c6)CC(C)(C)C8)c6cc(N8c9ccc(-c%10ccc(C(C)(C)C)cc%10)cc9C9(C)CCCCC89C)cc3c64)CC(C)(C)C7)CC(C)(C)C5)cc2C1. The molecule has 78 heavy (non-hydrogen) atoms. The topological polar surface area (TPSA) is 9.72 Å². The van der Waals surface area contributed by atoms with Gasteiger partial charge in [0.2, 0.25) is 0 Å². The van der Waals surface area contributed by atoms with Gasteiger partial charge in [0, 0.05) is 50.9 Å². The van der Waals surface area contributed by atoms with Gasteiger partial charge in [-0.25, -0.2) is 0 Å². The summed E-state index contributed by atoms with van der Waals surface area (Å²) in [5.74, 6) is 0. The molecule has 3 nitrogen and oxygen atoms in total. The summed E-state index contributed by atoms with van der Waals surface area (Å²) in [5.41, 5.74) is 33.8. The Labute approximate surface area is 468 Å².